The first-order valence-electron chi connectivity index (χ1n) is 6.22. The summed E-state index contributed by atoms with van der Waals surface area (Å²) in [4.78, 5) is 16.7. The number of ketones is 1. The van der Waals surface area contributed by atoms with Gasteiger partial charge in [-0.1, -0.05) is 11.6 Å². The molecule has 0 saturated carbocycles. The van der Waals surface area contributed by atoms with Crippen LogP contribution in [-0.2, 0) is 0 Å². The molecule has 0 fully saturated rings. The third kappa shape index (κ3) is 2.32. The Morgan fingerprint density at radius 1 is 1.10 bits per heavy atom. The van der Waals surface area contributed by atoms with E-state index < -0.39 is 0 Å². The Morgan fingerprint density at radius 2 is 1.80 bits per heavy atom. The van der Waals surface area contributed by atoms with Gasteiger partial charge in [-0.2, -0.15) is 0 Å². The molecule has 0 saturated heterocycles. The molecule has 1 aromatic carbocycles. The zero-order valence-electron chi connectivity index (χ0n) is 11.1. The van der Waals surface area contributed by atoms with Crippen LogP contribution < -0.4 is 0 Å². The lowest BCUT2D eigenvalue weighted by molar-refractivity contribution is 0.101. The van der Waals surface area contributed by atoms with Gasteiger partial charge in [-0.3, -0.25) is 9.78 Å². The van der Waals surface area contributed by atoms with Crippen molar-refractivity contribution in [2.75, 3.05) is 0 Å². The topological polar surface area (TPSA) is 43.1 Å². The smallest absolute Gasteiger partial charge is 0.228 e. The van der Waals surface area contributed by atoms with Crippen LogP contribution in [0.1, 0.15) is 27.5 Å². The number of hydrogen-bond donors (Lipinski definition) is 0. The van der Waals surface area contributed by atoms with Crippen molar-refractivity contribution in [3.05, 3.63) is 64.1 Å². The zero-order valence-corrected chi connectivity index (χ0v) is 11.9. The van der Waals surface area contributed by atoms with E-state index in [4.69, 9.17) is 16.0 Å². The van der Waals surface area contributed by atoms with Crippen LogP contribution in [0, 0.1) is 13.8 Å². The molecule has 0 bridgehead atoms. The molecule has 3 nitrogen and oxygen atoms in total. The normalized spacial score (nSPS) is 10.9. The molecule has 2 aromatic heterocycles. The lowest BCUT2D eigenvalue weighted by Crippen LogP contribution is -2.02. The molecule has 0 N–H and O–H groups in total. The molecular formula is C16H12ClNO2. The van der Waals surface area contributed by atoms with Crippen LogP contribution in [0.2, 0.25) is 5.02 Å². The van der Waals surface area contributed by atoms with Crippen LogP contribution in [0.4, 0.5) is 0 Å². The second-order valence-corrected chi connectivity index (χ2v) is 5.20. The molecule has 2 heterocycles. The summed E-state index contributed by atoms with van der Waals surface area (Å²) >= 11 is 5.93. The van der Waals surface area contributed by atoms with Crippen molar-refractivity contribution in [3.63, 3.8) is 0 Å². The van der Waals surface area contributed by atoms with E-state index in [1.807, 2.05) is 13.8 Å². The van der Waals surface area contributed by atoms with E-state index in [1.54, 1.807) is 36.4 Å². The van der Waals surface area contributed by atoms with E-state index in [-0.39, 0.29) is 5.78 Å². The Bertz CT molecular complexity index is 800. The molecule has 0 atom stereocenters. The lowest BCUT2D eigenvalue weighted by Gasteiger charge is -2.01. The minimum absolute atomic E-state index is 0.147. The van der Waals surface area contributed by atoms with Crippen LogP contribution >= 0.6 is 11.6 Å². The van der Waals surface area contributed by atoms with E-state index in [0.717, 1.165) is 16.8 Å². The molecule has 3 rings (SSSR count). The zero-order chi connectivity index (χ0) is 14.3. The first kappa shape index (κ1) is 12.9. The van der Waals surface area contributed by atoms with Crippen LogP contribution in [0.5, 0.6) is 0 Å². The number of nitrogens with zero attached hydrogens (tertiary/aromatic N) is 1. The minimum atomic E-state index is -0.147. The van der Waals surface area contributed by atoms with E-state index in [0.29, 0.717) is 21.9 Å². The van der Waals surface area contributed by atoms with Crippen molar-refractivity contribution in [3.8, 4) is 0 Å². The van der Waals surface area contributed by atoms with Crippen molar-refractivity contribution in [2.24, 2.45) is 0 Å². The minimum Gasteiger partial charge on any atom is -0.453 e. The summed E-state index contributed by atoms with van der Waals surface area (Å²) in [6.45, 7) is 3.73. The highest BCUT2D eigenvalue weighted by Crippen LogP contribution is 2.24. The number of pyridine rings is 1. The fraction of sp³-hybridized carbons (Fsp3) is 0.125. The van der Waals surface area contributed by atoms with Crippen LogP contribution in [-0.4, -0.2) is 10.8 Å². The number of hydrogen-bond acceptors (Lipinski definition) is 3. The van der Waals surface area contributed by atoms with Gasteiger partial charge in [0.05, 0.1) is 0 Å². The number of rotatable bonds is 2. The van der Waals surface area contributed by atoms with Gasteiger partial charge in [-0.05, 0) is 50.2 Å². The van der Waals surface area contributed by atoms with Gasteiger partial charge in [-0.25, -0.2) is 0 Å². The Hall–Kier alpha value is -2.13. The number of halogens is 1. The highest BCUT2D eigenvalue weighted by Gasteiger charge is 2.15. The number of carbonyl (C=O) groups is 1. The predicted molar refractivity (Wildman–Crippen MR) is 78.4 cm³/mol. The Labute approximate surface area is 121 Å². The number of aryl methyl sites for hydroxylation is 2. The standard InChI is InChI=1S/C16H12ClNO2/c1-9-5-12(6-10(2)18-9)16(19)15-8-11-7-13(17)3-4-14(11)20-15/h3-8H,1-2H3. The Balaban J connectivity index is 2.07. The maximum atomic E-state index is 12.5. The van der Waals surface area contributed by atoms with Crippen molar-refractivity contribution < 1.29 is 9.21 Å². The molecule has 0 aliphatic heterocycles. The van der Waals surface area contributed by atoms with Gasteiger partial charge in [0.2, 0.25) is 5.78 Å². The molecule has 0 spiro atoms. The average Bonchev–Trinajstić information content (AvgIpc) is 2.79. The van der Waals surface area contributed by atoms with Gasteiger partial charge in [-0.15, -0.1) is 0 Å². The number of aromatic nitrogens is 1. The van der Waals surface area contributed by atoms with Crippen molar-refractivity contribution in [1.82, 2.24) is 4.98 Å². The van der Waals surface area contributed by atoms with Gasteiger partial charge < -0.3 is 4.42 Å². The van der Waals surface area contributed by atoms with Crippen LogP contribution in [0.3, 0.4) is 0 Å². The third-order valence-corrected chi connectivity index (χ3v) is 3.28. The maximum Gasteiger partial charge on any atom is 0.228 e. The first-order valence-corrected chi connectivity index (χ1v) is 6.60. The monoisotopic (exact) mass is 285 g/mol. The van der Waals surface area contributed by atoms with Crippen LogP contribution in [0.25, 0.3) is 11.0 Å². The Kier molecular flexibility index (Phi) is 3.07. The second kappa shape index (κ2) is 4.76. The third-order valence-electron chi connectivity index (χ3n) is 3.05. The maximum absolute atomic E-state index is 12.5. The van der Waals surface area contributed by atoms with Gasteiger partial charge in [0, 0.05) is 27.4 Å². The summed E-state index contributed by atoms with van der Waals surface area (Å²) in [7, 11) is 0. The molecule has 3 aromatic rings. The molecule has 20 heavy (non-hydrogen) atoms. The van der Waals surface area contributed by atoms with E-state index >= 15 is 0 Å². The SMILES string of the molecule is Cc1cc(C(=O)c2cc3cc(Cl)ccc3o2)cc(C)n1. The largest absolute Gasteiger partial charge is 0.453 e. The summed E-state index contributed by atoms with van der Waals surface area (Å²) in [5, 5.41) is 1.44. The molecule has 0 aliphatic carbocycles. The predicted octanol–water partition coefficient (Wildman–Crippen LogP) is 4.33. The fourth-order valence-electron chi connectivity index (χ4n) is 2.23. The number of benzene rings is 1. The number of furan rings is 1. The van der Waals surface area contributed by atoms with E-state index in [9.17, 15) is 4.79 Å². The molecule has 4 heteroatoms. The van der Waals surface area contributed by atoms with Crippen LogP contribution in [0.15, 0.2) is 40.8 Å². The quantitative estimate of drug-likeness (QED) is 0.658. The summed E-state index contributed by atoms with van der Waals surface area (Å²) in [6.07, 6.45) is 0. The van der Waals surface area contributed by atoms with Crippen molar-refractivity contribution >= 4 is 28.4 Å². The molecular weight excluding hydrogens is 274 g/mol. The van der Waals surface area contributed by atoms with Crippen molar-refractivity contribution in [2.45, 2.75) is 13.8 Å². The number of fused-ring (bicyclic) bond motifs is 1. The fourth-order valence-corrected chi connectivity index (χ4v) is 2.41. The molecule has 0 radical (unpaired) electrons. The van der Waals surface area contributed by atoms with E-state index in [1.165, 1.54) is 0 Å². The number of carbonyl (C=O) groups excluding carboxylic acids is 1. The average molecular weight is 286 g/mol. The first-order chi connectivity index (χ1) is 9.52. The molecule has 0 amide bonds. The van der Waals surface area contributed by atoms with Gasteiger partial charge in [0.15, 0.2) is 5.76 Å². The second-order valence-electron chi connectivity index (χ2n) is 4.76. The molecule has 0 unspecified atom stereocenters. The molecule has 0 aliphatic rings. The van der Waals surface area contributed by atoms with Gasteiger partial charge in [0.25, 0.3) is 0 Å². The van der Waals surface area contributed by atoms with Gasteiger partial charge in [0.1, 0.15) is 5.58 Å². The highest BCUT2D eigenvalue weighted by atomic mass is 35.5. The summed E-state index contributed by atoms with van der Waals surface area (Å²) < 4.78 is 5.59. The highest BCUT2D eigenvalue weighted by molar-refractivity contribution is 6.31. The van der Waals surface area contributed by atoms with E-state index in [2.05, 4.69) is 4.98 Å². The summed E-state index contributed by atoms with van der Waals surface area (Å²) in [5.41, 5.74) is 2.86. The Morgan fingerprint density at radius 3 is 2.50 bits per heavy atom. The summed E-state index contributed by atoms with van der Waals surface area (Å²) in [5.74, 6) is 0.165. The molecule has 100 valence electrons. The van der Waals surface area contributed by atoms with Gasteiger partial charge >= 0.3 is 0 Å². The summed E-state index contributed by atoms with van der Waals surface area (Å²) in [6, 6.07) is 10.5. The lowest BCUT2D eigenvalue weighted by atomic mass is 10.1. The van der Waals surface area contributed by atoms with Crippen molar-refractivity contribution in [1.29, 1.82) is 0 Å².